The van der Waals surface area contributed by atoms with E-state index in [9.17, 15) is 4.79 Å². The maximum atomic E-state index is 12.1. The Balaban J connectivity index is 2.82. The third-order valence-corrected chi connectivity index (χ3v) is 3.42. The Morgan fingerprint density at radius 3 is 2.37 bits per heavy atom. The summed E-state index contributed by atoms with van der Waals surface area (Å²) in [5, 5.41) is 2.99. The second-order valence-electron chi connectivity index (χ2n) is 5.94. The molecule has 2 rings (SSSR count). The number of aromatic nitrogens is 2. The van der Waals surface area contributed by atoms with Gasteiger partial charge in [-0.05, 0) is 39.7 Å². The number of rotatable bonds is 2. The lowest BCUT2D eigenvalue weighted by Gasteiger charge is -2.24. The van der Waals surface area contributed by atoms with Crippen molar-refractivity contribution in [2.24, 2.45) is 0 Å². The van der Waals surface area contributed by atoms with Crippen molar-refractivity contribution in [2.75, 3.05) is 0 Å². The molecule has 102 valence electrons. The molecule has 1 N–H and O–H groups in total. The van der Waals surface area contributed by atoms with Crippen LogP contribution in [0.3, 0.4) is 0 Å². The van der Waals surface area contributed by atoms with Crippen LogP contribution in [0, 0.1) is 6.92 Å². The Morgan fingerprint density at radius 1 is 1.21 bits per heavy atom. The molecule has 0 aliphatic carbocycles. The Kier molecular flexibility index (Phi) is 3.40. The predicted molar refractivity (Wildman–Crippen MR) is 79.6 cm³/mol. The molecular weight excluding hydrogens is 236 g/mol. The zero-order chi connectivity index (χ0) is 14.2. The largest absolute Gasteiger partial charge is 0.279 e. The molecule has 1 aromatic carbocycles. The molecule has 0 radical (unpaired) electrons. The van der Waals surface area contributed by atoms with Gasteiger partial charge < -0.3 is 0 Å². The van der Waals surface area contributed by atoms with Gasteiger partial charge in [-0.25, -0.2) is 0 Å². The van der Waals surface area contributed by atoms with Gasteiger partial charge in [0.05, 0.1) is 11.2 Å². The van der Waals surface area contributed by atoms with Crippen molar-refractivity contribution in [3.8, 4) is 11.3 Å². The average Bonchev–Trinajstić information content (AvgIpc) is 2.66. The fraction of sp³-hybridized carbons (Fsp3) is 0.438. The number of benzene rings is 1. The van der Waals surface area contributed by atoms with E-state index in [-0.39, 0.29) is 11.1 Å². The number of hydrogen-bond acceptors (Lipinski definition) is 1. The number of nitrogens with one attached hydrogen (secondary N) is 1. The molecule has 0 unspecified atom stereocenters. The highest BCUT2D eigenvalue weighted by Gasteiger charge is 2.23. The number of hydrogen-bond donors (Lipinski definition) is 1. The molecule has 1 aromatic heterocycles. The molecule has 0 saturated heterocycles. The summed E-state index contributed by atoms with van der Waals surface area (Å²) in [5.74, 6) is 0. The van der Waals surface area contributed by atoms with Crippen LogP contribution in [0.4, 0.5) is 0 Å². The van der Waals surface area contributed by atoms with Crippen molar-refractivity contribution in [3.05, 3.63) is 45.7 Å². The molecule has 0 saturated carbocycles. The number of aryl methyl sites for hydroxylation is 1. The first-order valence-electron chi connectivity index (χ1n) is 6.76. The highest BCUT2D eigenvalue weighted by atomic mass is 16.1. The van der Waals surface area contributed by atoms with Crippen molar-refractivity contribution >= 4 is 0 Å². The summed E-state index contributed by atoms with van der Waals surface area (Å²) >= 11 is 0. The summed E-state index contributed by atoms with van der Waals surface area (Å²) in [4.78, 5) is 12.1. The molecule has 0 aliphatic rings. The minimum Gasteiger partial charge on any atom is -0.279 e. The third-order valence-electron chi connectivity index (χ3n) is 3.42. The Labute approximate surface area is 114 Å². The van der Waals surface area contributed by atoms with Crippen LogP contribution in [0.5, 0.6) is 0 Å². The fourth-order valence-electron chi connectivity index (χ4n) is 2.42. The number of H-pyrrole nitrogens is 1. The zero-order valence-electron chi connectivity index (χ0n) is 12.4. The first kappa shape index (κ1) is 13.7. The summed E-state index contributed by atoms with van der Waals surface area (Å²) in [6, 6.07) is 8.21. The predicted octanol–water partition coefficient (Wildman–Crippen LogP) is 3.47. The Bertz CT molecular complexity index is 641. The summed E-state index contributed by atoms with van der Waals surface area (Å²) < 4.78 is 2.00. The molecule has 1 heterocycles. The van der Waals surface area contributed by atoms with Crippen LogP contribution in [-0.4, -0.2) is 9.78 Å². The monoisotopic (exact) mass is 258 g/mol. The normalized spacial score (nSPS) is 11.8. The molecule has 0 amide bonds. The van der Waals surface area contributed by atoms with Crippen molar-refractivity contribution in [1.82, 2.24) is 9.78 Å². The summed E-state index contributed by atoms with van der Waals surface area (Å²) in [5.41, 5.74) is 4.09. The van der Waals surface area contributed by atoms with Crippen LogP contribution in [0.2, 0.25) is 0 Å². The quantitative estimate of drug-likeness (QED) is 0.880. The van der Waals surface area contributed by atoms with Crippen molar-refractivity contribution in [2.45, 2.75) is 46.6 Å². The first-order chi connectivity index (χ1) is 8.86. The lowest BCUT2D eigenvalue weighted by atomic mass is 9.99. The number of aromatic amines is 1. The van der Waals surface area contributed by atoms with E-state index in [1.165, 1.54) is 5.56 Å². The van der Waals surface area contributed by atoms with Gasteiger partial charge in [0.15, 0.2) is 0 Å². The topological polar surface area (TPSA) is 37.8 Å². The van der Waals surface area contributed by atoms with Gasteiger partial charge in [0.1, 0.15) is 0 Å². The van der Waals surface area contributed by atoms with Gasteiger partial charge in [-0.1, -0.05) is 31.2 Å². The van der Waals surface area contributed by atoms with Gasteiger partial charge in [-0.3, -0.25) is 14.6 Å². The van der Waals surface area contributed by atoms with Gasteiger partial charge >= 0.3 is 0 Å². The van der Waals surface area contributed by atoms with Crippen molar-refractivity contribution in [3.63, 3.8) is 0 Å². The highest BCUT2D eigenvalue weighted by Crippen LogP contribution is 2.29. The number of nitrogens with zero attached hydrogens (tertiary/aromatic N) is 1. The van der Waals surface area contributed by atoms with Crippen LogP contribution in [0.1, 0.15) is 38.8 Å². The lowest BCUT2D eigenvalue weighted by molar-refractivity contribution is 0.358. The Morgan fingerprint density at radius 2 is 1.84 bits per heavy atom. The molecular formula is C16H22N2O. The standard InChI is InChI=1S/C16H22N2O/c1-6-12-14(13-10-8-7-9-11(13)2)18(16(3,4)5)17-15(12)19/h7-10H,6H2,1-5H3,(H,17,19). The van der Waals surface area contributed by atoms with Crippen molar-refractivity contribution in [1.29, 1.82) is 0 Å². The fourth-order valence-corrected chi connectivity index (χ4v) is 2.42. The Hall–Kier alpha value is -1.77. The van der Waals surface area contributed by atoms with Crippen molar-refractivity contribution < 1.29 is 0 Å². The molecule has 3 nitrogen and oxygen atoms in total. The SMILES string of the molecule is CCc1c(-c2ccccc2C)n(C(C)(C)C)[nH]c1=O. The molecule has 0 spiro atoms. The van der Waals surface area contributed by atoms with Crippen LogP contribution >= 0.6 is 0 Å². The summed E-state index contributed by atoms with van der Waals surface area (Å²) in [7, 11) is 0. The van der Waals surface area contributed by atoms with Crippen LogP contribution < -0.4 is 5.56 Å². The third kappa shape index (κ3) is 2.37. The molecule has 2 aromatic rings. The maximum Gasteiger partial charge on any atom is 0.267 e. The molecule has 19 heavy (non-hydrogen) atoms. The van der Waals surface area contributed by atoms with E-state index < -0.39 is 0 Å². The van der Waals surface area contributed by atoms with E-state index in [2.05, 4.69) is 44.9 Å². The lowest BCUT2D eigenvalue weighted by Crippen LogP contribution is -2.25. The molecule has 0 fully saturated rings. The van der Waals surface area contributed by atoms with E-state index in [0.29, 0.717) is 0 Å². The second kappa shape index (κ2) is 4.72. The second-order valence-corrected chi connectivity index (χ2v) is 5.94. The van der Waals surface area contributed by atoms with E-state index in [4.69, 9.17) is 0 Å². The maximum absolute atomic E-state index is 12.1. The first-order valence-corrected chi connectivity index (χ1v) is 6.76. The minimum absolute atomic E-state index is 0.0238. The summed E-state index contributed by atoms with van der Waals surface area (Å²) in [6.45, 7) is 10.4. The van der Waals surface area contributed by atoms with Gasteiger partial charge in [-0.2, -0.15) is 0 Å². The van der Waals surface area contributed by atoms with Gasteiger partial charge in [-0.15, -0.1) is 0 Å². The average molecular weight is 258 g/mol. The van der Waals surface area contributed by atoms with E-state index in [0.717, 1.165) is 23.2 Å². The van der Waals surface area contributed by atoms with Gasteiger partial charge in [0.25, 0.3) is 5.56 Å². The van der Waals surface area contributed by atoms with Gasteiger partial charge in [0, 0.05) is 11.1 Å². The van der Waals surface area contributed by atoms with Crippen LogP contribution in [-0.2, 0) is 12.0 Å². The molecule has 3 heteroatoms. The molecule has 0 bridgehead atoms. The van der Waals surface area contributed by atoms with Crippen LogP contribution in [0.25, 0.3) is 11.3 Å². The van der Waals surface area contributed by atoms with Crippen LogP contribution in [0.15, 0.2) is 29.1 Å². The van der Waals surface area contributed by atoms with E-state index >= 15 is 0 Å². The summed E-state index contributed by atoms with van der Waals surface area (Å²) in [6.07, 6.45) is 0.738. The minimum atomic E-state index is -0.149. The molecule has 0 aliphatic heterocycles. The zero-order valence-corrected chi connectivity index (χ0v) is 12.4. The smallest absolute Gasteiger partial charge is 0.267 e. The van der Waals surface area contributed by atoms with E-state index in [1.807, 2.05) is 23.7 Å². The highest BCUT2D eigenvalue weighted by molar-refractivity contribution is 5.67. The van der Waals surface area contributed by atoms with Gasteiger partial charge in [0.2, 0.25) is 0 Å². The van der Waals surface area contributed by atoms with E-state index in [1.54, 1.807) is 0 Å². The molecule has 0 atom stereocenters.